The van der Waals surface area contributed by atoms with Crippen LogP contribution in [0.2, 0.25) is 0 Å². The number of carbonyl (C=O) groups excluding carboxylic acids is 5. The topological polar surface area (TPSA) is 195 Å². The zero-order valence-electron chi connectivity index (χ0n) is 33.5. The first-order chi connectivity index (χ1) is 30.0. The van der Waals surface area contributed by atoms with Crippen molar-refractivity contribution in [3.63, 3.8) is 0 Å². The number of anilines is 4. The Morgan fingerprint density at radius 1 is 0.565 bits per heavy atom. The van der Waals surface area contributed by atoms with Gasteiger partial charge in [0.1, 0.15) is 0 Å². The van der Waals surface area contributed by atoms with Crippen molar-refractivity contribution >= 4 is 52.3 Å². The van der Waals surface area contributed by atoms with E-state index in [9.17, 15) is 29.1 Å². The molecule has 310 valence electrons. The highest BCUT2D eigenvalue weighted by Gasteiger charge is 2.23. The summed E-state index contributed by atoms with van der Waals surface area (Å²) in [5.74, 6) is 3.52. The third-order valence-electron chi connectivity index (χ3n) is 10.0. The van der Waals surface area contributed by atoms with Crippen LogP contribution >= 0.6 is 0 Å². The number of allylic oxidation sites excluding steroid dienone is 1. The van der Waals surface area contributed by atoms with Crippen LogP contribution in [0.15, 0.2) is 182 Å². The molecule has 1 aliphatic rings. The predicted molar refractivity (Wildman–Crippen MR) is 239 cm³/mol. The fraction of sp³-hybridized carbons (Fsp3) is 0.0816. The van der Waals surface area contributed by atoms with Gasteiger partial charge >= 0.3 is 0 Å². The molecule has 13 heteroatoms. The molecule has 3 unspecified atom stereocenters. The zero-order valence-corrected chi connectivity index (χ0v) is 33.5. The van der Waals surface area contributed by atoms with Gasteiger partial charge in [0.15, 0.2) is 6.23 Å². The summed E-state index contributed by atoms with van der Waals surface area (Å²) in [6.45, 7) is 1.91. The quantitative estimate of drug-likeness (QED) is 0.0270. The zero-order chi connectivity index (χ0) is 43.6. The van der Waals surface area contributed by atoms with Crippen LogP contribution in [0.5, 0.6) is 0 Å². The van der Waals surface area contributed by atoms with E-state index in [-0.39, 0.29) is 34.6 Å². The van der Waals surface area contributed by atoms with Crippen LogP contribution in [0.4, 0.5) is 22.7 Å². The van der Waals surface area contributed by atoms with Gasteiger partial charge in [-0.25, -0.2) is 10.9 Å². The summed E-state index contributed by atoms with van der Waals surface area (Å²) >= 11 is 0. The average Bonchev–Trinajstić information content (AvgIpc) is 3.31. The fourth-order valence-electron chi connectivity index (χ4n) is 6.61. The number of carbonyl (C=O) groups is 5. The van der Waals surface area contributed by atoms with Crippen LogP contribution in [0.25, 0.3) is 0 Å². The van der Waals surface area contributed by atoms with Crippen molar-refractivity contribution in [3.05, 3.63) is 215 Å². The van der Waals surface area contributed by atoms with Crippen LogP contribution in [-0.2, 0) is 0 Å². The second kappa shape index (κ2) is 19.3. The Labute approximate surface area is 357 Å². The minimum absolute atomic E-state index is 0.0197. The molecule has 0 saturated carbocycles. The molecular weight excluding hydrogens is 783 g/mol. The largest absolute Gasteiger partial charge is 0.369 e. The Bertz CT molecular complexity index is 2640. The van der Waals surface area contributed by atoms with Gasteiger partial charge in [-0.1, -0.05) is 85.8 Å². The van der Waals surface area contributed by atoms with E-state index in [1.807, 2.05) is 37.3 Å². The first kappa shape index (κ1) is 42.0. The summed E-state index contributed by atoms with van der Waals surface area (Å²) in [6, 6.07) is 43.4. The monoisotopic (exact) mass is 825 g/mol. The number of nitrogens with two attached hydrogens (primary N) is 1. The summed E-state index contributed by atoms with van der Waals surface area (Å²) in [5.41, 5.74) is 3.97. The predicted octanol–water partition coefficient (Wildman–Crippen LogP) is 7.43. The molecule has 0 radical (unpaired) electrons. The highest BCUT2D eigenvalue weighted by molar-refractivity contribution is 6.11. The van der Waals surface area contributed by atoms with Gasteiger partial charge in [-0.3, -0.25) is 24.0 Å². The van der Waals surface area contributed by atoms with E-state index in [2.05, 4.69) is 26.6 Å². The molecule has 7 rings (SSSR count). The van der Waals surface area contributed by atoms with E-state index in [4.69, 9.17) is 5.84 Å². The van der Waals surface area contributed by atoms with Gasteiger partial charge in [0, 0.05) is 62.1 Å². The number of amides is 5. The van der Waals surface area contributed by atoms with Crippen LogP contribution in [-0.4, -0.2) is 40.7 Å². The number of aliphatic hydroxyl groups is 1. The number of benzene rings is 6. The second-order valence-electron chi connectivity index (χ2n) is 14.5. The minimum Gasteiger partial charge on any atom is -0.369 e. The number of hydrogen-bond acceptors (Lipinski definition) is 8. The molecule has 0 aliphatic heterocycles. The summed E-state index contributed by atoms with van der Waals surface area (Å²) < 4.78 is 0. The van der Waals surface area contributed by atoms with Crippen molar-refractivity contribution in [2.75, 3.05) is 21.0 Å². The summed E-state index contributed by atoms with van der Waals surface area (Å²) in [4.78, 5) is 67.0. The molecule has 0 saturated heterocycles. The molecule has 3 atom stereocenters. The molecule has 13 nitrogen and oxygen atoms in total. The molecule has 0 aromatic heterocycles. The SMILES string of the molecule is CC1C=C(NC(=O)c2cc(C(=O)Nc3ccc(NC(O)c4ccccc4)cc3)cc(C(=O)Nc3ccc(N(N)C(=O)c4ccccc4)cc3)c2)C=CC1NC(=O)c1ccccc1. The van der Waals surface area contributed by atoms with Crippen molar-refractivity contribution in [2.24, 2.45) is 11.8 Å². The van der Waals surface area contributed by atoms with E-state index < -0.39 is 29.9 Å². The maximum atomic E-state index is 13.8. The third-order valence-corrected chi connectivity index (χ3v) is 10.0. The van der Waals surface area contributed by atoms with Crippen molar-refractivity contribution in [3.8, 4) is 0 Å². The molecule has 6 aromatic carbocycles. The summed E-state index contributed by atoms with van der Waals surface area (Å²) in [7, 11) is 0. The fourth-order valence-corrected chi connectivity index (χ4v) is 6.61. The molecule has 5 amide bonds. The second-order valence-corrected chi connectivity index (χ2v) is 14.5. The standard InChI is InChI=1S/C49H43N7O6/c1-31-27-41(23-26-43(31)55-45(58)33-13-7-3-8-14-33)54-48(61)37-29-35(46(59)52-39-19-17-38(18-20-39)51-44(57)32-11-5-2-6-12-32)28-36(30-37)47(60)53-40-21-24-42(25-22-40)56(50)49(62)34-15-9-4-10-16-34/h2-31,43-44,51,57H,50H2,1H3,(H,52,59)(H,53,60)(H,54,61)(H,55,58). The summed E-state index contributed by atoms with van der Waals surface area (Å²) in [5, 5.41) is 26.1. The van der Waals surface area contributed by atoms with Crippen molar-refractivity contribution < 1.29 is 29.1 Å². The smallest absolute Gasteiger partial charge is 0.272 e. The summed E-state index contributed by atoms with van der Waals surface area (Å²) in [6.07, 6.45) is 4.35. The molecule has 0 spiro atoms. The highest BCUT2D eigenvalue weighted by Crippen LogP contribution is 2.23. The number of aliphatic hydroxyl groups excluding tert-OH is 1. The van der Waals surface area contributed by atoms with Gasteiger partial charge in [-0.2, -0.15) is 0 Å². The Morgan fingerprint density at radius 3 is 1.56 bits per heavy atom. The Morgan fingerprint density at radius 2 is 1.03 bits per heavy atom. The van der Waals surface area contributed by atoms with Gasteiger partial charge in [-0.05, 0) is 97.1 Å². The van der Waals surface area contributed by atoms with Gasteiger partial charge in [0.2, 0.25) is 0 Å². The number of hydrogen-bond donors (Lipinski definition) is 7. The lowest BCUT2D eigenvalue weighted by Gasteiger charge is -2.24. The Kier molecular flexibility index (Phi) is 13.1. The Balaban J connectivity index is 1.08. The number of hydrazine groups is 1. The highest BCUT2D eigenvalue weighted by atomic mass is 16.3. The normalized spacial score (nSPS) is 14.7. The first-order valence-corrected chi connectivity index (χ1v) is 19.7. The van der Waals surface area contributed by atoms with Gasteiger partial charge in [0.05, 0.1) is 11.7 Å². The maximum absolute atomic E-state index is 13.8. The maximum Gasteiger partial charge on any atom is 0.272 e. The van der Waals surface area contributed by atoms with Crippen LogP contribution < -0.4 is 37.4 Å². The molecule has 62 heavy (non-hydrogen) atoms. The minimum atomic E-state index is -0.947. The lowest BCUT2D eigenvalue weighted by atomic mass is 9.95. The molecule has 0 fully saturated rings. The van der Waals surface area contributed by atoms with Crippen LogP contribution in [0.3, 0.4) is 0 Å². The van der Waals surface area contributed by atoms with E-state index in [0.717, 1.165) is 5.01 Å². The van der Waals surface area contributed by atoms with Gasteiger partial charge in [-0.15, -0.1) is 0 Å². The lowest BCUT2D eigenvalue weighted by molar-refractivity contribution is 0.0932. The first-order valence-electron chi connectivity index (χ1n) is 19.7. The molecule has 0 heterocycles. The average molecular weight is 826 g/mol. The van der Waals surface area contributed by atoms with E-state index in [1.165, 1.54) is 18.2 Å². The molecular formula is C49H43N7O6. The number of nitrogens with one attached hydrogen (secondary N) is 5. The van der Waals surface area contributed by atoms with Crippen molar-refractivity contribution in [1.82, 2.24) is 10.6 Å². The van der Waals surface area contributed by atoms with Crippen molar-refractivity contribution in [2.45, 2.75) is 19.2 Å². The van der Waals surface area contributed by atoms with Crippen LogP contribution in [0.1, 0.15) is 70.5 Å². The molecule has 8 N–H and O–H groups in total. The van der Waals surface area contributed by atoms with Crippen LogP contribution in [0, 0.1) is 5.92 Å². The third kappa shape index (κ3) is 10.5. The molecule has 6 aromatic rings. The number of rotatable bonds is 13. The van der Waals surface area contributed by atoms with E-state index in [1.54, 1.807) is 127 Å². The van der Waals surface area contributed by atoms with Gasteiger partial charge < -0.3 is 31.7 Å². The lowest BCUT2D eigenvalue weighted by Crippen LogP contribution is -2.39. The molecule has 1 aliphatic carbocycles. The van der Waals surface area contributed by atoms with Gasteiger partial charge in [0.25, 0.3) is 29.5 Å². The van der Waals surface area contributed by atoms with E-state index in [0.29, 0.717) is 45.1 Å². The van der Waals surface area contributed by atoms with Crippen molar-refractivity contribution in [1.29, 1.82) is 0 Å². The number of nitrogens with zero attached hydrogens (tertiary/aromatic N) is 1. The van der Waals surface area contributed by atoms with E-state index >= 15 is 0 Å². The Hall–Kier alpha value is -8.13. The molecule has 0 bridgehead atoms.